The topological polar surface area (TPSA) is 55.8 Å². The van der Waals surface area contributed by atoms with Crippen LogP contribution in [0.15, 0.2) is 35.0 Å². The average molecular weight is 273 g/mol. The molecule has 4 nitrogen and oxygen atoms in total. The van der Waals surface area contributed by atoms with Crippen LogP contribution in [0.3, 0.4) is 0 Å². The lowest BCUT2D eigenvalue weighted by Crippen LogP contribution is -1.90. The number of benzene rings is 1. The quantitative estimate of drug-likeness (QED) is 0.676. The Labute approximate surface area is 95.3 Å². The first kappa shape index (κ1) is 11.6. The molecule has 0 amide bonds. The van der Waals surface area contributed by atoms with Crippen molar-refractivity contribution in [3.05, 3.63) is 35.0 Å². The Morgan fingerprint density at radius 3 is 2.80 bits per heavy atom. The van der Waals surface area contributed by atoms with E-state index in [4.69, 9.17) is 14.6 Å². The zero-order valence-corrected chi connectivity index (χ0v) is 9.52. The molecule has 0 fully saturated rings. The molecule has 0 aliphatic heterocycles. The first-order valence-corrected chi connectivity index (χ1v) is 4.82. The maximum Gasteiger partial charge on any atom is 0.331 e. The third-order valence-corrected chi connectivity index (χ3v) is 2.16. The summed E-state index contributed by atoms with van der Waals surface area (Å²) in [6.07, 6.45) is 2.02. The number of hydrogen-bond acceptors (Lipinski definition) is 3. The summed E-state index contributed by atoms with van der Waals surface area (Å²) < 4.78 is 10.8. The summed E-state index contributed by atoms with van der Waals surface area (Å²) in [6, 6.07) is 5.12. The second-order valence-corrected chi connectivity index (χ2v) is 3.41. The molecule has 0 bridgehead atoms. The largest absolute Gasteiger partial charge is 0.497 e. The van der Waals surface area contributed by atoms with Gasteiger partial charge in [0.15, 0.2) is 0 Å². The standard InChI is InChI=1S/C10H9BrO4/c1-14-7-2-3-9(8(11)6-7)15-5-4-10(12)13/h2-6H,1H3,(H,12,13)/b5-4+. The molecule has 1 N–H and O–H groups in total. The molecule has 0 unspecified atom stereocenters. The molecule has 0 radical (unpaired) electrons. The van der Waals surface area contributed by atoms with Gasteiger partial charge in [-0.3, -0.25) is 0 Å². The van der Waals surface area contributed by atoms with Crippen LogP contribution in [0.2, 0.25) is 0 Å². The maximum absolute atomic E-state index is 10.2. The van der Waals surface area contributed by atoms with Gasteiger partial charge in [-0.25, -0.2) is 4.79 Å². The zero-order valence-electron chi connectivity index (χ0n) is 7.94. The molecule has 1 rings (SSSR count). The highest BCUT2D eigenvalue weighted by molar-refractivity contribution is 9.10. The highest BCUT2D eigenvalue weighted by Crippen LogP contribution is 2.29. The van der Waals surface area contributed by atoms with Gasteiger partial charge in [-0.15, -0.1) is 0 Å². The minimum Gasteiger partial charge on any atom is -0.497 e. The number of methoxy groups -OCH3 is 1. The molecular weight excluding hydrogens is 264 g/mol. The fourth-order valence-corrected chi connectivity index (χ4v) is 1.32. The summed E-state index contributed by atoms with van der Waals surface area (Å²) in [4.78, 5) is 10.2. The molecule has 1 aromatic carbocycles. The van der Waals surface area contributed by atoms with E-state index in [0.717, 1.165) is 12.3 Å². The number of ether oxygens (including phenoxy) is 2. The van der Waals surface area contributed by atoms with Crippen LogP contribution < -0.4 is 9.47 Å². The third kappa shape index (κ3) is 3.63. The molecule has 0 saturated heterocycles. The van der Waals surface area contributed by atoms with Crippen LogP contribution in [0.25, 0.3) is 0 Å². The van der Waals surface area contributed by atoms with Crippen molar-refractivity contribution < 1.29 is 19.4 Å². The molecule has 0 heterocycles. The van der Waals surface area contributed by atoms with Gasteiger partial charge in [-0.1, -0.05) is 0 Å². The summed E-state index contributed by atoms with van der Waals surface area (Å²) in [6.45, 7) is 0. The van der Waals surface area contributed by atoms with Crippen molar-refractivity contribution in [3.63, 3.8) is 0 Å². The average Bonchev–Trinajstić information content (AvgIpc) is 2.20. The van der Waals surface area contributed by atoms with E-state index in [1.165, 1.54) is 0 Å². The Morgan fingerprint density at radius 2 is 2.27 bits per heavy atom. The van der Waals surface area contributed by atoms with Gasteiger partial charge >= 0.3 is 5.97 Å². The van der Waals surface area contributed by atoms with E-state index in [-0.39, 0.29) is 0 Å². The monoisotopic (exact) mass is 272 g/mol. The minimum atomic E-state index is -1.06. The molecule has 0 spiro atoms. The van der Waals surface area contributed by atoms with Crippen molar-refractivity contribution in [2.75, 3.05) is 7.11 Å². The van der Waals surface area contributed by atoms with Crippen LogP contribution in [0.1, 0.15) is 0 Å². The molecule has 0 aliphatic carbocycles. The van der Waals surface area contributed by atoms with Gasteiger partial charge in [0.05, 0.1) is 23.9 Å². The lowest BCUT2D eigenvalue weighted by molar-refractivity contribution is -0.131. The van der Waals surface area contributed by atoms with E-state index in [2.05, 4.69) is 15.9 Å². The molecule has 0 saturated carbocycles. The maximum atomic E-state index is 10.2. The number of aliphatic carboxylic acids is 1. The van der Waals surface area contributed by atoms with Gasteiger partial charge in [-0.2, -0.15) is 0 Å². The molecule has 1 aromatic rings. The van der Waals surface area contributed by atoms with E-state index in [1.807, 2.05) is 0 Å². The van der Waals surface area contributed by atoms with Gasteiger partial charge < -0.3 is 14.6 Å². The Morgan fingerprint density at radius 1 is 1.53 bits per heavy atom. The SMILES string of the molecule is COc1ccc(O/C=C/C(=O)O)c(Br)c1. The predicted octanol–water partition coefficient (Wildman–Crippen LogP) is 2.43. The highest BCUT2D eigenvalue weighted by Gasteiger charge is 2.01. The molecule has 5 heteroatoms. The molecular formula is C10H9BrO4. The lowest BCUT2D eigenvalue weighted by atomic mass is 10.3. The van der Waals surface area contributed by atoms with E-state index in [0.29, 0.717) is 16.0 Å². The number of hydrogen-bond donors (Lipinski definition) is 1. The number of halogens is 1. The Bertz CT molecular complexity index is 387. The fraction of sp³-hybridized carbons (Fsp3) is 0.100. The summed E-state index contributed by atoms with van der Waals surface area (Å²) in [7, 11) is 1.56. The van der Waals surface area contributed by atoms with Crippen molar-refractivity contribution in [1.82, 2.24) is 0 Å². The number of rotatable bonds is 4. The van der Waals surface area contributed by atoms with Crippen LogP contribution in [-0.2, 0) is 4.79 Å². The van der Waals surface area contributed by atoms with Crippen molar-refractivity contribution in [3.8, 4) is 11.5 Å². The van der Waals surface area contributed by atoms with E-state index >= 15 is 0 Å². The fourth-order valence-electron chi connectivity index (χ4n) is 0.870. The van der Waals surface area contributed by atoms with Gasteiger partial charge in [0, 0.05) is 0 Å². The molecule has 0 aromatic heterocycles. The molecule has 80 valence electrons. The normalized spacial score (nSPS) is 10.3. The Kier molecular flexibility index (Phi) is 4.17. The van der Waals surface area contributed by atoms with E-state index in [9.17, 15) is 4.79 Å². The Hall–Kier alpha value is -1.49. The van der Waals surface area contributed by atoms with Crippen LogP contribution in [0, 0.1) is 0 Å². The molecule has 15 heavy (non-hydrogen) atoms. The second-order valence-electron chi connectivity index (χ2n) is 2.56. The second kappa shape index (κ2) is 5.41. The van der Waals surface area contributed by atoms with Crippen molar-refractivity contribution in [2.45, 2.75) is 0 Å². The van der Waals surface area contributed by atoms with Crippen molar-refractivity contribution in [1.29, 1.82) is 0 Å². The Balaban J connectivity index is 2.74. The first-order chi connectivity index (χ1) is 7.13. The highest BCUT2D eigenvalue weighted by atomic mass is 79.9. The summed E-state index contributed by atoms with van der Waals surface area (Å²) in [5.74, 6) is 0.157. The van der Waals surface area contributed by atoms with Gasteiger partial charge in [0.1, 0.15) is 11.5 Å². The summed E-state index contributed by atoms with van der Waals surface area (Å²) in [5.41, 5.74) is 0. The predicted molar refractivity (Wildman–Crippen MR) is 58.1 cm³/mol. The first-order valence-electron chi connectivity index (χ1n) is 4.03. The van der Waals surface area contributed by atoms with Gasteiger partial charge in [-0.05, 0) is 34.1 Å². The van der Waals surface area contributed by atoms with Crippen molar-refractivity contribution >= 4 is 21.9 Å². The van der Waals surface area contributed by atoms with Gasteiger partial charge in [0.2, 0.25) is 0 Å². The van der Waals surface area contributed by atoms with Gasteiger partial charge in [0.25, 0.3) is 0 Å². The van der Waals surface area contributed by atoms with E-state index in [1.54, 1.807) is 25.3 Å². The van der Waals surface area contributed by atoms with Crippen LogP contribution >= 0.6 is 15.9 Å². The molecule has 0 atom stereocenters. The smallest absolute Gasteiger partial charge is 0.331 e. The van der Waals surface area contributed by atoms with Crippen LogP contribution in [0.4, 0.5) is 0 Å². The lowest BCUT2D eigenvalue weighted by Gasteiger charge is -2.05. The number of carboxylic acid groups (broad SMARTS) is 1. The minimum absolute atomic E-state index is 0.522. The summed E-state index contributed by atoms with van der Waals surface area (Å²) >= 11 is 3.27. The summed E-state index contributed by atoms with van der Waals surface area (Å²) in [5, 5.41) is 8.34. The third-order valence-electron chi connectivity index (χ3n) is 1.54. The number of carboxylic acids is 1. The van der Waals surface area contributed by atoms with E-state index < -0.39 is 5.97 Å². The molecule has 0 aliphatic rings. The van der Waals surface area contributed by atoms with Crippen molar-refractivity contribution in [2.24, 2.45) is 0 Å². The van der Waals surface area contributed by atoms with Crippen LogP contribution in [-0.4, -0.2) is 18.2 Å². The van der Waals surface area contributed by atoms with Crippen LogP contribution in [0.5, 0.6) is 11.5 Å². The zero-order chi connectivity index (χ0) is 11.3. The number of carbonyl (C=O) groups is 1.